The number of aromatic nitrogens is 2. The van der Waals surface area contributed by atoms with Crippen molar-refractivity contribution in [1.29, 1.82) is 0 Å². The zero-order chi connectivity index (χ0) is 23.0. The summed E-state index contributed by atoms with van der Waals surface area (Å²) in [5, 5.41) is 0. The maximum Gasteiger partial charge on any atom is 0.233 e. The summed E-state index contributed by atoms with van der Waals surface area (Å²) in [6.07, 6.45) is 4.48. The first-order valence-electron chi connectivity index (χ1n) is 12.1. The van der Waals surface area contributed by atoms with Crippen LogP contribution in [0.4, 0.5) is 5.82 Å². The molecule has 0 N–H and O–H groups in total. The molecule has 174 valence electrons. The van der Waals surface area contributed by atoms with E-state index in [1.54, 1.807) is 11.9 Å². The predicted molar refractivity (Wildman–Crippen MR) is 125 cm³/mol. The normalized spacial score (nSPS) is 22.7. The third-order valence-electron chi connectivity index (χ3n) is 7.65. The van der Waals surface area contributed by atoms with Gasteiger partial charge in [-0.1, -0.05) is 30.3 Å². The molecule has 0 bridgehead atoms. The molecule has 1 aromatic heterocycles. The van der Waals surface area contributed by atoms with Gasteiger partial charge in [0.15, 0.2) is 0 Å². The molecule has 0 radical (unpaired) electrons. The zero-order valence-corrected chi connectivity index (χ0v) is 19.5. The highest BCUT2D eigenvalue weighted by atomic mass is 16.5. The summed E-state index contributed by atoms with van der Waals surface area (Å²) < 4.78 is 5.64. The molecule has 1 aromatic carbocycles. The first-order chi connectivity index (χ1) is 16.0. The van der Waals surface area contributed by atoms with E-state index in [1.807, 2.05) is 30.0 Å². The van der Waals surface area contributed by atoms with E-state index in [-0.39, 0.29) is 17.7 Å². The lowest BCUT2D eigenvalue weighted by molar-refractivity contribution is -0.142. The molecule has 3 aliphatic rings. The lowest BCUT2D eigenvalue weighted by Crippen LogP contribution is -2.52. The van der Waals surface area contributed by atoms with E-state index < -0.39 is 5.41 Å². The van der Waals surface area contributed by atoms with Crippen molar-refractivity contribution in [3.63, 3.8) is 0 Å². The van der Waals surface area contributed by atoms with Crippen LogP contribution in [0.5, 0.6) is 0 Å². The fourth-order valence-corrected chi connectivity index (χ4v) is 5.65. The number of fused-ring (bicyclic) bond motifs is 1. The van der Waals surface area contributed by atoms with Crippen LogP contribution in [0.1, 0.15) is 60.7 Å². The molecule has 2 aromatic rings. The Kier molecular flexibility index (Phi) is 5.91. The third kappa shape index (κ3) is 3.92. The van der Waals surface area contributed by atoms with Gasteiger partial charge in [0.2, 0.25) is 11.8 Å². The van der Waals surface area contributed by atoms with E-state index in [2.05, 4.69) is 12.1 Å². The summed E-state index contributed by atoms with van der Waals surface area (Å²) in [4.78, 5) is 39.6. The molecule has 2 fully saturated rings. The van der Waals surface area contributed by atoms with Crippen LogP contribution in [0.3, 0.4) is 0 Å². The Labute approximate surface area is 195 Å². The molecule has 3 aliphatic heterocycles. The molecule has 2 saturated heterocycles. The van der Waals surface area contributed by atoms with E-state index in [4.69, 9.17) is 14.7 Å². The highest BCUT2D eigenvalue weighted by Crippen LogP contribution is 2.39. The average Bonchev–Trinajstić information content (AvgIpc) is 2.87. The number of hydrogen-bond acceptors (Lipinski definition) is 5. The van der Waals surface area contributed by atoms with Crippen molar-refractivity contribution in [2.45, 2.75) is 56.8 Å². The van der Waals surface area contributed by atoms with Gasteiger partial charge < -0.3 is 9.64 Å². The fraction of sp³-hybridized carbons (Fsp3) is 0.538. The van der Waals surface area contributed by atoms with Gasteiger partial charge in [0.25, 0.3) is 0 Å². The molecular weight excluding hydrogens is 416 g/mol. The summed E-state index contributed by atoms with van der Waals surface area (Å²) in [5.74, 6) is 1.86. The van der Waals surface area contributed by atoms with Gasteiger partial charge in [-0.25, -0.2) is 9.97 Å². The van der Waals surface area contributed by atoms with Crippen molar-refractivity contribution < 1.29 is 14.3 Å². The first-order valence-corrected chi connectivity index (χ1v) is 12.1. The molecule has 0 saturated carbocycles. The van der Waals surface area contributed by atoms with Gasteiger partial charge in [-0.05, 0) is 44.6 Å². The molecule has 33 heavy (non-hydrogen) atoms. The smallest absolute Gasteiger partial charge is 0.233 e. The Hall–Kier alpha value is -2.80. The summed E-state index contributed by atoms with van der Waals surface area (Å²) >= 11 is 0. The summed E-state index contributed by atoms with van der Waals surface area (Å²) in [5.41, 5.74) is 2.57. The van der Waals surface area contributed by atoms with Gasteiger partial charge >= 0.3 is 0 Å². The van der Waals surface area contributed by atoms with Crippen LogP contribution in [0.2, 0.25) is 0 Å². The van der Waals surface area contributed by atoms with Crippen molar-refractivity contribution in [3.8, 4) is 0 Å². The second-order valence-electron chi connectivity index (χ2n) is 9.57. The molecule has 2 amide bonds. The number of aryl methyl sites for hydroxylation is 1. The molecule has 5 rings (SSSR count). The largest absolute Gasteiger partial charge is 0.381 e. The number of amides is 2. The van der Waals surface area contributed by atoms with Crippen molar-refractivity contribution in [2.75, 3.05) is 38.3 Å². The average molecular weight is 449 g/mol. The highest BCUT2D eigenvalue weighted by Gasteiger charge is 2.45. The Bertz CT molecular complexity index is 1050. The van der Waals surface area contributed by atoms with Crippen molar-refractivity contribution in [1.82, 2.24) is 14.9 Å². The number of rotatable bonds is 3. The Balaban J connectivity index is 1.43. The van der Waals surface area contributed by atoms with Crippen LogP contribution in [-0.2, 0) is 26.2 Å². The standard InChI is InChI=1S/C26H32N4O3/c1-18-21-10-11-22(31)29(2)24(21)28-23(27-18)19-7-6-14-30(17-19)25(32)26(12-15-33-16-13-26)20-8-4-3-5-9-20/h3-5,8-9,19H,6-7,10-17H2,1-2H3/t19-/m1/s1. The maximum atomic E-state index is 14.0. The van der Waals surface area contributed by atoms with Crippen molar-refractivity contribution >= 4 is 17.6 Å². The van der Waals surface area contributed by atoms with Crippen molar-refractivity contribution in [2.24, 2.45) is 0 Å². The quantitative estimate of drug-likeness (QED) is 0.721. The number of piperidine rings is 1. The molecule has 0 spiro atoms. The topological polar surface area (TPSA) is 75.6 Å². The van der Waals surface area contributed by atoms with Crippen LogP contribution < -0.4 is 4.90 Å². The second kappa shape index (κ2) is 8.86. The fourth-order valence-electron chi connectivity index (χ4n) is 5.65. The Morgan fingerprint density at radius 2 is 1.88 bits per heavy atom. The Morgan fingerprint density at radius 1 is 1.12 bits per heavy atom. The van der Waals surface area contributed by atoms with E-state index in [0.717, 1.165) is 47.8 Å². The van der Waals surface area contributed by atoms with Crippen LogP contribution in [-0.4, -0.2) is 60.0 Å². The van der Waals surface area contributed by atoms with E-state index >= 15 is 0 Å². The molecule has 0 aliphatic carbocycles. The number of nitrogens with zero attached hydrogens (tertiary/aromatic N) is 4. The van der Waals surface area contributed by atoms with Crippen LogP contribution in [0, 0.1) is 6.92 Å². The predicted octanol–water partition coefficient (Wildman–Crippen LogP) is 3.15. The zero-order valence-electron chi connectivity index (χ0n) is 19.5. The van der Waals surface area contributed by atoms with E-state index in [1.165, 1.54) is 0 Å². The first kappa shape index (κ1) is 22.0. The molecule has 7 nitrogen and oxygen atoms in total. The number of ether oxygens (including phenoxy) is 1. The summed E-state index contributed by atoms with van der Waals surface area (Å²) in [7, 11) is 1.79. The van der Waals surface area contributed by atoms with Crippen molar-refractivity contribution in [3.05, 3.63) is 53.0 Å². The summed E-state index contributed by atoms with van der Waals surface area (Å²) in [6.45, 7) is 4.58. The monoisotopic (exact) mass is 448 g/mol. The highest BCUT2D eigenvalue weighted by molar-refractivity contribution is 5.94. The molecule has 7 heteroatoms. The minimum atomic E-state index is -0.527. The van der Waals surface area contributed by atoms with E-state index in [9.17, 15) is 9.59 Å². The maximum absolute atomic E-state index is 14.0. The van der Waals surface area contributed by atoms with Gasteiger partial charge in [-0.15, -0.1) is 0 Å². The Morgan fingerprint density at radius 3 is 2.64 bits per heavy atom. The lowest BCUT2D eigenvalue weighted by Gasteiger charge is -2.42. The van der Waals surface area contributed by atoms with Gasteiger partial charge in [0.1, 0.15) is 11.6 Å². The number of carbonyl (C=O) groups excluding carboxylic acids is 2. The number of carbonyl (C=O) groups is 2. The molecule has 0 unspecified atom stereocenters. The van der Waals surface area contributed by atoms with Crippen LogP contribution >= 0.6 is 0 Å². The SMILES string of the molecule is Cc1nc([C@@H]2CCCN(C(=O)C3(c4ccccc4)CCOCC3)C2)nc2c1CCC(=O)N2C. The molecule has 1 atom stereocenters. The minimum Gasteiger partial charge on any atom is -0.381 e. The second-order valence-corrected chi connectivity index (χ2v) is 9.57. The van der Waals surface area contributed by atoms with Gasteiger partial charge in [0.05, 0.1) is 5.41 Å². The van der Waals surface area contributed by atoms with Gasteiger partial charge in [0, 0.05) is 56.9 Å². The molecule has 4 heterocycles. The van der Waals surface area contributed by atoms with Gasteiger partial charge in [-0.2, -0.15) is 0 Å². The van der Waals surface area contributed by atoms with Crippen LogP contribution in [0.25, 0.3) is 0 Å². The number of anilines is 1. The third-order valence-corrected chi connectivity index (χ3v) is 7.65. The lowest BCUT2D eigenvalue weighted by atomic mass is 9.72. The van der Waals surface area contributed by atoms with Gasteiger partial charge in [-0.3, -0.25) is 14.5 Å². The molecular formula is C26H32N4O3. The summed E-state index contributed by atoms with van der Waals surface area (Å²) in [6, 6.07) is 10.2. The number of benzene rings is 1. The number of likely N-dealkylation sites (tertiary alicyclic amines) is 1. The van der Waals surface area contributed by atoms with Crippen LogP contribution in [0.15, 0.2) is 30.3 Å². The number of hydrogen-bond donors (Lipinski definition) is 0. The minimum absolute atomic E-state index is 0.0739. The van der Waals surface area contributed by atoms with E-state index in [0.29, 0.717) is 45.4 Å².